The Hall–Kier alpha value is -0.470. The van der Waals surface area contributed by atoms with Crippen LogP contribution in [0.25, 0.3) is 0 Å². The van der Waals surface area contributed by atoms with Crippen molar-refractivity contribution >= 4 is 26.0 Å². The van der Waals surface area contributed by atoms with Crippen molar-refractivity contribution in [1.29, 1.82) is 0 Å². The van der Waals surface area contributed by atoms with E-state index in [1.54, 1.807) is 18.2 Å². The largest absolute Gasteiger partial charge is 0.374 e. The predicted octanol–water partition coefficient (Wildman–Crippen LogP) is 1.02. The molecular formula is C12H17BrN2O3S. The topological polar surface area (TPSA) is 67.4 Å². The minimum atomic E-state index is -3.51. The van der Waals surface area contributed by atoms with Gasteiger partial charge in [0, 0.05) is 24.1 Å². The highest BCUT2D eigenvalue weighted by atomic mass is 79.9. The zero-order valence-corrected chi connectivity index (χ0v) is 13.1. The number of sulfonamides is 1. The second kappa shape index (κ2) is 6.32. The highest BCUT2D eigenvalue weighted by Crippen LogP contribution is 2.22. The number of hydrogen-bond acceptors (Lipinski definition) is 4. The normalized spacial score (nSPS) is 20.4. The van der Waals surface area contributed by atoms with E-state index in [1.165, 1.54) is 0 Å². The van der Waals surface area contributed by atoms with Crippen molar-refractivity contribution < 1.29 is 13.2 Å². The van der Waals surface area contributed by atoms with E-state index in [4.69, 9.17) is 4.74 Å². The summed E-state index contributed by atoms with van der Waals surface area (Å²) < 4.78 is 33.0. The average Bonchev–Trinajstić information content (AvgIpc) is 2.37. The lowest BCUT2D eigenvalue weighted by atomic mass is 10.2. The zero-order chi connectivity index (χ0) is 13.9. The molecule has 0 spiro atoms. The average molecular weight is 349 g/mol. The first-order valence-corrected chi connectivity index (χ1v) is 8.35. The van der Waals surface area contributed by atoms with Gasteiger partial charge in [-0.05, 0) is 40.5 Å². The van der Waals surface area contributed by atoms with Crippen molar-refractivity contribution in [3.05, 3.63) is 28.2 Å². The Labute approximate surface area is 121 Å². The van der Waals surface area contributed by atoms with Gasteiger partial charge in [0.15, 0.2) is 0 Å². The number of morpholine rings is 1. The van der Waals surface area contributed by atoms with Crippen molar-refractivity contribution in [3.8, 4) is 0 Å². The summed E-state index contributed by atoms with van der Waals surface area (Å²) in [6.07, 6.45) is -0.118. The highest BCUT2D eigenvalue weighted by molar-refractivity contribution is 9.10. The molecule has 106 valence electrons. The summed E-state index contributed by atoms with van der Waals surface area (Å²) in [5.74, 6) is 0. The molecule has 19 heavy (non-hydrogen) atoms. The number of halogens is 1. The first-order valence-electron chi connectivity index (χ1n) is 6.07. The molecule has 1 aliphatic heterocycles. The third kappa shape index (κ3) is 4.00. The molecule has 0 aromatic heterocycles. The summed E-state index contributed by atoms with van der Waals surface area (Å²) >= 11 is 3.29. The van der Waals surface area contributed by atoms with E-state index in [1.807, 2.05) is 6.92 Å². The van der Waals surface area contributed by atoms with Crippen LogP contribution in [-0.2, 0) is 14.8 Å². The predicted molar refractivity (Wildman–Crippen MR) is 76.7 cm³/mol. The molecule has 0 radical (unpaired) electrons. The fourth-order valence-electron chi connectivity index (χ4n) is 1.86. The van der Waals surface area contributed by atoms with Crippen LogP contribution in [0.4, 0.5) is 0 Å². The number of ether oxygens (including phenoxy) is 1. The molecule has 7 heteroatoms. The van der Waals surface area contributed by atoms with Crippen LogP contribution in [0.5, 0.6) is 0 Å². The fourth-order valence-corrected chi connectivity index (χ4v) is 4.11. The maximum Gasteiger partial charge on any atom is 0.241 e. The minimum Gasteiger partial charge on any atom is -0.374 e. The van der Waals surface area contributed by atoms with Crippen LogP contribution in [0, 0.1) is 6.92 Å². The first kappa shape index (κ1) is 14.9. The van der Waals surface area contributed by atoms with Gasteiger partial charge >= 0.3 is 0 Å². The van der Waals surface area contributed by atoms with Crippen LogP contribution in [0.15, 0.2) is 27.6 Å². The van der Waals surface area contributed by atoms with Crippen LogP contribution in [0.1, 0.15) is 5.56 Å². The third-order valence-corrected chi connectivity index (χ3v) is 5.28. The second-order valence-electron chi connectivity index (χ2n) is 4.48. The van der Waals surface area contributed by atoms with Crippen molar-refractivity contribution in [2.75, 3.05) is 26.2 Å². The Kier molecular flexibility index (Phi) is 4.97. The Morgan fingerprint density at radius 3 is 2.95 bits per heavy atom. The summed E-state index contributed by atoms with van der Waals surface area (Å²) in [6.45, 7) is 4.27. The van der Waals surface area contributed by atoms with Gasteiger partial charge in [0.1, 0.15) is 0 Å². The van der Waals surface area contributed by atoms with Gasteiger partial charge in [0.25, 0.3) is 0 Å². The lowest BCUT2D eigenvalue weighted by molar-refractivity contribution is 0.0324. The van der Waals surface area contributed by atoms with Gasteiger partial charge in [0.05, 0.1) is 17.6 Å². The van der Waals surface area contributed by atoms with E-state index in [9.17, 15) is 8.42 Å². The van der Waals surface area contributed by atoms with Gasteiger partial charge in [-0.15, -0.1) is 0 Å². The van der Waals surface area contributed by atoms with Crippen molar-refractivity contribution in [2.45, 2.75) is 17.9 Å². The van der Waals surface area contributed by atoms with Crippen LogP contribution >= 0.6 is 15.9 Å². The number of aryl methyl sites for hydroxylation is 1. The molecule has 2 N–H and O–H groups in total. The molecule has 0 saturated carbocycles. The maximum absolute atomic E-state index is 12.2. The Bertz CT molecular complexity index is 542. The molecule has 1 aromatic carbocycles. The van der Waals surface area contributed by atoms with Crippen molar-refractivity contribution in [3.63, 3.8) is 0 Å². The van der Waals surface area contributed by atoms with E-state index in [0.717, 1.165) is 12.1 Å². The van der Waals surface area contributed by atoms with Gasteiger partial charge in [-0.2, -0.15) is 0 Å². The monoisotopic (exact) mass is 348 g/mol. The number of benzene rings is 1. The van der Waals surface area contributed by atoms with Crippen LogP contribution in [-0.4, -0.2) is 40.8 Å². The Morgan fingerprint density at radius 2 is 2.32 bits per heavy atom. The van der Waals surface area contributed by atoms with Crippen molar-refractivity contribution in [2.24, 2.45) is 0 Å². The summed E-state index contributed by atoms with van der Waals surface area (Å²) in [5, 5.41) is 3.16. The van der Waals surface area contributed by atoms with E-state index >= 15 is 0 Å². The van der Waals surface area contributed by atoms with Crippen LogP contribution in [0.3, 0.4) is 0 Å². The van der Waals surface area contributed by atoms with E-state index < -0.39 is 10.0 Å². The van der Waals surface area contributed by atoms with E-state index in [-0.39, 0.29) is 17.5 Å². The van der Waals surface area contributed by atoms with E-state index in [0.29, 0.717) is 17.6 Å². The van der Waals surface area contributed by atoms with Gasteiger partial charge in [-0.3, -0.25) is 0 Å². The molecule has 1 aromatic rings. The molecule has 2 rings (SSSR count). The van der Waals surface area contributed by atoms with E-state index in [2.05, 4.69) is 26.0 Å². The van der Waals surface area contributed by atoms with Crippen LogP contribution in [0.2, 0.25) is 0 Å². The molecule has 0 bridgehead atoms. The Balaban J connectivity index is 2.05. The molecule has 1 aliphatic rings. The molecule has 5 nitrogen and oxygen atoms in total. The number of rotatable bonds is 4. The third-order valence-electron chi connectivity index (χ3n) is 2.88. The maximum atomic E-state index is 12.2. The molecule has 0 amide bonds. The summed E-state index contributed by atoms with van der Waals surface area (Å²) in [4.78, 5) is 0.252. The molecule has 0 aliphatic carbocycles. The summed E-state index contributed by atoms with van der Waals surface area (Å²) in [5.41, 5.74) is 1.01. The Morgan fingerprint density at radius 1 is 1.53 bits per heavy atom. The van der Waals surface area contributed by atoms with Gasteiger partial charge in [-0.1, -0.05) is 6.07 Å². The fraction of sp³-hybridized carbons (Fsp3) is 0.500. The number of nitrogens with one attached hydrogen (secondary N) is 2. The lowest BCUT2D eigenvalue weighted by Crippen LogP contribution is -2.45. The molecular weight excluding hydrogens is 332 g/mol. The molecule has 1 heterocycles. The minimum absolute atomic E-state index is 0.118. The quantitative estimate of drug-likeness (QED) is 0.852. The smallest absolute Gasteiger partial charge is 0.241 e. The van der Waals surface area contributed by atoms with Gasteiger partial charge < -0.3 is 10.1 Å². The zero-order valence-electron chi connectivity index (χ0n) is 10.6. The molecule has 1 atom stereocenters. The summed E-state index contributed by atoms with van der Waals surface area (Å²) in [6, 6.07) is 5.16. The highest BCUT2D eigenvalue weighted by Gasteiger charge is 2.20. The second-order valence-corrected chi connectivity index (χ2v) is 7.07. The first-order chi connectivity index (χ1) is 8.99. The summed E-state index contributed by atoms with van der Waals surface area (Å²) in [7, 11) is -3.51. The molecule has 1 saturated heterocycles. The SMILES string of the molecule is Cc1ccc(S(=O)(=O)NCC2CNCCO2)c(Br)c1. The van der Waals surface area contributed by atoms with Gasteiger partial charge in [0.2, 0.25) is 10.0 Å². The number of hydrogen-bond donors (Lipinski definition) is 2. The standard InChI is InChI=1S/C12H17BrN2O3S/c1-9-2-3-12(11(13)6-9)19(16,17)15-8-10-7-14-4-5-18-10/h2-3,6,10,14-15H,4-5,7-8H2,1H3. The van der Waals surface area contributed by atoms with Crippen LogP contribution < -0.4 is 10.0 Å². The molecule has 1 fully saturated rings. The van der Waals surface area contributed by atoms with Gasteiger partial charge in [-0.25, -0.2) is 13.1 Å². The molecule has 1 unspecified atom stereocenters. The lowest BCUT2D eigenvalue weighted by Gasteiger charge is -2.23. The van der Waals surface area contributed by atoms with Crippen molar-refractivity contribution in [1.82, 2.24) is 10.0 Å².